The Morgan fingerprint density at radius 2 is 1.58 bits per heavy atom. The fourth-order valence-corrected chi connectivity index (χ4v) is 6.57. The van der Waals surface area contributed by atoms with Gasteiger partial charge in [-0.05, 0) is 86.0 Å². The maximum absolute atomic E-state index is 13.7. The van der Waals surface area contributed by atoms with Crippen LogP contribution in [0.3, 0.4) is 0 Å². The van der Waals surface area contributed by atoms with Gasteiger partial charge in [0.15, 0.2) is 0 Å². The van der Waals surface area contributed by atoms with Crippen molar-refractivity contribution >= 4 is 50.7 Å². The predicted molar refractivity (Wildman–Crippen MR) is 158 cm³/mol. The molecular weight excluding hydrogens is 536 g/mol. The molecular formula is C30H29ClN2O3S2. The van der Waals surface area contributed by atoms with Gasteiger partial charge in [0.05, 0.1) is 10.6 Å². The molecule has 8 heteroatoms. The number of rotatable bonds is 9. The summed E-state index contributed by atoms with van der Waals surface area (Å²) in [4.78, 5) is 14.5. The van der Waals surface area contributed by atoms with Gasteiger partial charge in [-0.3, -0.25) is 9.10 Å². The maximum Gasteiger partial charge on any atom is 0.264 e. The highest BCUT2D eigenvalue weighted by Gasteiger charge is 2.28. The Bertz CT molecular complexity index is 1540. The molecule has 0 radical (unpaired) electrons. The molecule has 0 bridgehead atoms. The van der Waals surface area contributed by atoms with E-state index in [-0.39, 0.29) is 11.4 Å². The third-order valence-corrected chi connectivity index (χ3v) is 9.13. The number of anilines is 2. The number of carbonyl (C=O) groups excluding carboxylic acids is 1. The zero-order valence-electron chi connectivity index (χ0n) is 21.4. The molecule has 0 atom stereocenters. The highest BCUT2D eigenvalue weighted by atomic mass is 35.5. The van der Waals surface area contributed by atoms with Crippen LogP contribution in [-0.2, 0) is 20.6 Å². The van der Waals surface area contributed by atoms with Crippen LogP contribution >= 0.6 is 23.4 Å². The molecule has 0 spiro atoms. The van der Waals surface area contributed by atoms with Crippen molar-refractivity contribution in [2.45, 2.75) is 36.3 Å². The largest absolute Gasteiger partial charge is 0.324 e. The van der Waals surface area contributed by atoms with Gasteiger partial charge in [0, 0.05) is 21.4 Å². The number of amides is 1. The quantitative estimate of drug-likeness (QED) is 0.215. The topological polar surface area (TPSA) is 66.5 Å². The molecule has 0 aliphatic carbocycles. The van der Waals surface area contributed by atoms with Crippen LogP contribution in [0.5, 0.6) is 0 Å². The maximum atomic E-state index is 13.7. The minimum atomic E-state index is -4.02. The standard InChI is InChI=1S/C30H29ClN2O3S2/c1-21-9-13-27(14-10-21)38(35,36)33(29-16-12-25(31)18-23(29)3)19-30(34)32-28-15-11-24(17-22(28)2)20-37-26-7-5-4-6-8-26/h4-18H,19-20H2,1-3H3,(H,32,34). The van der Waals surface area contributed by atoms with Crippen LogP contribution in [0, 0.1) is 20.8 Å². The van der Waals surface area contributed by atoms with Gasteiger partial charge in [-0.2, -0.15) is 0 Å². The van der Waals surface area contributed by atoms with E-state index in [1.807, 2.05) is 50.2 Å². The van der Waals surface area contributed by atoms with Crippen LogP contribution in [0.2, 0.25) is 5.02 Å². The Hall–Kier alpha value is -3.26. The third kappa shape index (κ3) is 6.78. The molecule has 4 aromatic carbocycles. The summed E-state index contributed by atoms with van der Waals surface area (Å²) >= 11 is 7.86. The molecule has 1 N–H and O–H groups in total. The van der Waals surface area contributed by atoms with Crippen molar-refractivity contribution in [3.63, 3.8) is 0 Å². The number of benzene rings is 4. The molecule has 38 heavy (non-hydrogen) atoms. The second kappa shape index (κ2) is 12.1. The molecule has 4 rings (SSSR count). The average molecular weight is 565 g/mol. The molecule has 0 saturated heterocycles. The molecule has 0 fully saturated rings. The predicted octanol–water partition coefficient (Wildman–Crippen LogP) is 7.39. The molecule has 4 aromatic rings. The first-order valence-electron chi connectivity index (χ1n) is 12.1. The van der Waals surface area contributed by atoms with Crippen molar-refractivity contribution < 1.29 is 13.2 Å². The smallest absolute Gasteiger partial charge is 0.264 e. The zero-order chi connectivity index (χ0) is 27.3. The number of sulfonamides is 1. The van der Waals surface area contributed by atoms with E-state index in [0.717, 1.165) is 26.7 Å². The van der Waals surface area contributed by atoms with Crippen molar-refractivity contribution in [1.29, 1.82) is 0 Å². The first kappa shape index (κ1) is 27.8. The number of thioether (sulfide) groups is 1. The number of aryl methyl sites for hydroxylation is 3. The monoisotopic (exact) mass is 564 g/mol. The summed E-state index contributed by atoms with van der Waals surface area (Å²) in [6, 6.07) is 27.6. The van der Waals surface area contributed by atoms with Gasteiger partial charge in [0.1, 0.15) is 6.54 Å². The van der Waals surface area contributed by atoms with Gasteiger partial charge >= 0.3 is 0 Å². The summed E-state index contributed by atoms with van der Waals surface area (Å²) in [5.74, 6) is 0.363. The van der Waals surface area contributed by atoms with Gasteiger partial charge in [0.25, 0.3) is 10.0 Å². The van der Waals surface area contributed by atoms with Crippen molar-refractivity contribution in [2.75, 3.05) is 16.2 Å². The van der Waals surface area contributed by atoms with Gasteiger partial charge in [-0.15, -0.1) is 11.8 Å². The van der Waals surface area contributed by atoms with E-state index in [9.17, 15) is 13.2 Å². The first-order chi connectivity index (χ1) is 18.1. The van der Waals surface area contributed by atoms with Crippen LogP contribution in [0.1, 0.15) is 22.3 Å². The Kier molecular flexibility index (Phi) is 8.82. The van der Waals surface area contributed by atoms with Crippen LogP contribution in [-0.4, -0.2) is 20.9 Å². The molecule has 0 heterocycles. The lowest BCUT2D eigenvalue weighted by Crippen LogP contribution is -2.38. The van der Waals surface area contributed by atoms with Crippen molar-refractivity contribution in [3.05, 3.63) is 118 Å². The lowest BCUT2D eigenvalue weighted by molar-refractivity contribution is -0.114. The summed E-state index contributed by atoms with van der Waals surface area (Å²) in [6.45, 7) is 5.20. The number of nitrogens with zero attached hydrogens (tertiary/aromatic N) is 1. The summed E-state index contributed by atoms with van der Waals surface area (Å²) in [5.41, 5.74) is 4.67. The lowest BCUT2D eigenvalue weighted by atomic mass is 10.1. The molecule has 196 valence electrons. The van der Waals surface area contributed by atoms with E-state index in [1.54, 1.807) is 61.2 Å². The zero-order valence-corrected chi connectivity index (χ0v) is 23.8. The summed E-state index contributed by atoms with van der Waals surface area (Å²) < 4.78 is 28.5. The van der Waals surface area contributed by atoms with E-state index in [4.69, 9.17) is 11.6 Å². The van der Waals surface area contributed by atoms with Crippen LogP contribution in [0.25, 0.3) is 0 Å². The fourth-order valence-electron chi connectivity index (χ4n) is 4.00. The first-order valence-corrected chi connectivity index (χ1v) is 14.9. The third-order valence-electron chi connectivity index (χ3n) is 6.04. The average Bonchev–Trinajstić information content (AvgIpc) is 2.89. The second-order valence-electron chi connectivity index (χ2n) is 9.05. The van der Waals surface area contributed by atoms with Gasteiger partial charge < -0.3 is 5.32 Å². The Labute approximate surface area is 233 Å². The Morgan fingerprint density at radius 1 is 0.868 bits per heavy atom. The summed E-state index contributed by atoms with van der Waals surface area (Å²) in [7, 11) is -4.02. The van der Waals surface area contributed by atoms with Crippen LogP contribution in [0.4, 0.5) is 11.4 Å². The van der Waals surface area contributed by atoms with Crippen LogP contribution in [0.15, 0.2) is 101 Å². The molecule has 1 amide bonds. The van der Waals surface area contributed by atoms with Gasteiger partial charge in [-0.1, -0.05) is 59.6 Å². The summed E-state index contributed by atoms with van der Waals surface area (Å²) in [5, 5.41) is 3.39. The molecule has 0 saturated carbocycles. The second-order valence-corrected chi connectivity index (χ2v) is 12.4. The van der Waals surface area contributed by atoms with E-state index in [0.29, 0.717) is 22.0 Å². The van der Waals surface area contributed by atoms with Crippen molar-refractivity contribution in [1.82, 2.24) is 0 Å². The van der Waals surface area contributed by atoms with E-state index < -0.39 is 15.9 Å². The molecule has 0 aliphatic heterocycles. The lowest BCUT2D eigenvalue weighted by Gasteiger charge is -2.26. The normalized spacial score (nSPS) is 11.3. The highest BCUT2D eigenvalue weighted by molar-refractivity contribution is 7.98. The van der Waals surface area contributed by atoms with E-state index >= 15 is 0 Å². The van der Waals surface area contributed by atoms with Crippen molar-refractivity contribution in [2.24, 2.45) is 0 Å². The van der Waals surface area contributed by atoms with E-state index in [2.05, 4.69) is 17.4 Å². The SMILES string of the molecule is Cc1ccc(S(=O)(=O)N(CC(=O)Nc2ccc(CSc3ccccc3)cc2C)c2ccc(Cl)cc2C)cc1. The highest BCUT2D eigenvalue weighted by Crippen LogP contribution is 2.30. The van der Waals surface area contributed by atoms with E-state index in [1.165, 1.54) is 4.90 Å². The van der Waals surface area contributed by atoms with Gasteiger partial charge in [0.2, 0.25) is 5.91 Å². The molecule has 0 aromatic heterocycles. The molecule has 5 nitrogen and oxygen atoms in total. The van der Waals surface area contributed by atoms with Crippen molar-refractivity contribution in [3.8, 4) is 0 Å². The number of hydrogen-bond donors (Lipinski definition) is 1. The van der Waals surface area contributed by atoms with Gasteiger partial charge in [-0.25, -0.2) is 8.42 Å². The molecule has 0 aliphatic rings. The number of halogens is 1. The minimum Gasteiger partial charge on any atom is -0.324 e. The van der Waals surface area contributed by atoms with Crippen LogP contribution < -0.4 is 9.62 Å². The Balaban J connectivity index is 1.55. The molecule has 0 unspecified atom stereocenters. The fraction of sp³-hybridized carbons (Fsp3) is 0.167. The number of hydrogen-bond acceptors (Lipinski definition) is 4. The number of nitrogens with one attached hydrogen (secondary N) is 1. The minimum absolute atomic E-state index is 0.113. The Morgan fingerprint density at radius 3 is 2.24 bits per heavy atom. The summed E-state index contributed by atoms with van der Waals surface area (Å²) in [6.07, 6.45) is 0. The number of carbonyl (C=O) groups is 1.